The average molecular weight is 270 g/mol. The van der Waals surface area contributed by atoms with Gasteiger partial charge in [0.2, 0.25) is 5.89 Å². The van der Waals surface area contributed by atoms with E-state index in [2.05, 4.69) is 24.0 Å². The van der Waals surface area contributed by atoms with Crippen molar-refractivity contribution >= 4 is 17.5 Å². The number of Topliss-reactive ketones (excluding diaryl/α,β-unsaturated/α-hetero) is 1. The molecule has 18 heavy (non-hydrogen) atoms. The van der Waals surface area contributed by atoms with Crippen LogP contribution in [0.3, 0.4) is 0 Å². The third-order valence-electron chi connectivity index (χ3n) is 2.73. The number of hydrogen-bond acceptors (Lipinski definition) is 5. The van der Waals surface area contributed by atoms with E-state index in [0.717, 1.165) is 12.2 Å². The second-order valence-electron chi connectivity index (χ2n) is 5.48. The first-order valence-electron chi connectivity index (χ1n) is 6.29. The van der Waals surface area contributed by atoms with Gasteiger partial charge < -0.3 is 4.52 Å². The zero-order chi connectivity index (χ0) is 13.8. The highest BCUT2D eigenvalue weighted by Crippen LogP contribution is 2.20. The van der Waals surface area contributed by atoms with Gasteiger partial charge in [-0.15, -0.1) is 0 Å². The minimum atomic E-state index is -0.361. The Labute approximate surface area is 113 Å². The summed E-state index contributed by atoms with van der Waals surface area (Å²) in [5, 5.41) is 4.48. The molecule has 1 aromatic heterocycles. The summed E-state index contributed by atoms with van der Waals surface area (Å²) in [6, 6.07) is 0. The minimum absolute atomic E-state index is 0.118. The van der Waals surface area contributed by atoms with E-state index >= 15 is 0 Å². The quantitative estimate of drug-likeness (QED) is 0.794. The molecule has 0 radical (unpaired) electrons. The molecule has 0 amide bonds. The first-order chi connectivity index (χ1) is 8.32. The third-order valence-corrected chi connectivity index (χ3v) is 4.06. The molecular weight excluding hydrogens is 248 g/mol. The molecule has 1 rings (SSSR count). The maximum absolute atomic E-state index is 11.8. The van der Waals surface area contributed by atoms with Crippen LogP contribution in [0.4, 0.5) is 0 Å². The summed E-state index contributed by atoms with van der Waals surface area (Å²) in [5.74, 6) is 1.96. The van der Waals surface area contributed by atoms with Crippen LogP contribution < -0.4 is 0 Å². The Kier molecular flexibility index (Phi) is 5.38. The molecule has 1 atom stereocenters. The van der Waals surface area contributed by atoms with Crippen LogP contribution in [-0.2, 0) is 17.0 Å². The highest BCUT2D eigenvalue weighted by atomic mass is 32.2. The van der Waals surface area contributed by atoms with Crippen LogP contribution in [0.25, 0.3) is 0 Å². The molecule has 1 aromatic rings. The summed E-state index contributed by atoms with van der Waals surface area (Å²) in [7, 11) is 0. The summed E-state index contributed by atoms with van der Waals surface area (Å²) >= 11 is 1.80. The molecule has 1 unspecified atom stereocenters. The molecule has 0 bridgehead atoms. The molecule has 0 aliphatic heterocycles. The van der Waals surface area contributed by atoms with Crippen LogP contribution in [0.5, 0.6) is 0 Å². The molecule has 4 nitrogen and oxygen atoms in total. The molecule has 0 spiro atoms. The van der Waals surface area contributed by atoms with Crippen LogP contribution in [-0.4, -0.2) is 21.2 Å². The number of ketones is 1. The van der Waals surface area contributed by atoms with Gasteiger partial charge in [0.1, 0.15) is 5.78 Å². The fourth-order valence-corrected chi connectivity index (χ4v) is 1.94. The lowest BCUT2D eigenvalue weighted by Crippen LogP contribution is -2.22. The Balaban J connectivity index is 2.51. The van der Waals surface area contributed by atoms with E-state index in [9.17, 15) is 4.79 Å². The summed E-state index contributed by atoms with van der Waals surface area (Å²) in [6.45, 7) is 10.0. The van der Waals surface area contributed by atoms with Crippen molar-refractivity contribution in [3.8, 4) is 0 Å². The van der Waals surface area contributed by atoms with Crippen molar-refractivity contribution in [1.29, 1.82) is 0 Å². The Morgan fingerprint density at radius 3 is 2.67 bits per heavy atom. The van der Waals surface area contributed by atoms with Gasteiger partial charge in [-0.05, 0) is 6.42 Å². The number of carbonyl (C=O) groups is 1. The van der Waals surface area contributed by atoms with Gasteiger partial charge in [-0.2, -0.15) is 16.7 Å². The topological polar surface area (TPSA) is 56.0 Å². The van der Waals surface area contributed by atoms with Crippen LogP contribution in [0.1, 0.15) is 52.8 Å². The molecule has 102 valence electrons. The van der Waals surface area contributed by atoms with Crippen LogP contribution in [0.15, 0.2) is 4.52 Å². The summed E-state index contributed by atoms with van der Waals surface area (Å²) < 4.78 is 5.10. The molecule has 0 saturated carbocycles. The van der Waals surface area contributed by atoms with Crippen molar-refractivity contribution in [3.63, 3.8) is 0 Å². The van der Waals surface area contributed by atoms with E-state index in [-0.39, 0.29) is 17.6 Å². The predicted octanol–water partition coefficient (Wildman–Crippen LogP) is 3.26. The summed E-state index contributed by atoms with van der Waals surface area (Å²) in [5.41, 5.74) is -0.361. The number of aromatic nitrogens is 2. The molecule has 0 aliphatic rings. The van der Waals surface area contributed by atoms with Crippen molar-refractivity contribution in [3.05, 3.63) is 11.7 Å². The molecule has 0 fully saturated rings. The van der Waals surface area contributed by atoms with Crippen molar-refractivity contribution < 1.29 is 9.32 Å². The first kappa shape index (κ1) is 15.2. The van der Waals surface area contributed by atoms with Crippen molar-refractivity contribution in [1.82, 2.24) is 10.1 Å². The Morgan fingerprint density at radius 1 is 1.44 bits per heavy atom. The smallest absolute Gasteiger partial charge is 0.234 e. The van der Waals surface area contributed by atoms with Crippen LogP contribution in [0.2, 0.25) is 0 Å². The fraction of sp³-hybridized carbons (Fsp3) is 0.769. The molecule has 5 heteroatoms. The van der Waals surface area contributed by atoms with E-state index in [4.69, 9.17) is 4.52 Å². The minimum Gasteiger partial charge on any atom is -0.339 e. The number of rotatable bonds is 6. The lowest BCUT2D eigenvalue weighted by atomic mass is 9.89. The maximum Gasteiger partial charge on any atom is 0.234 e. The standard InChI is InChI=1S/C13H22N2O2S/c1-6-9(2)18-8-11-14-12(17-15-11)7-10(16)13(3,4)5/h9H,6-8H2,1-5H3. The van der Waals surface area contributed by atoms with Gasteiger partial charge in [0.05, 0.1) is 12.2 Å². The van der Waals surface area contributed by atoms with Crippen molar-refractivity contribution in [2.45, 2.75) is 58.5 Å². The van der Waals surface area contributed by atoms with Gasteiger partial charge in [-0.3, -0.25) is 4.79 Å². The van der Waals surface area contributed by atoms with Crippen LogP contribution in [0, 0.1) is 5.41 Å². The van der Waals surface area contributed by atoms with E-state index in [1.807, 2.05) is 20.8 Å². The number of carbonyl (C=O) groups excluding carboxylic acids is 1. The second kappa shape index (κ2) is 6.36. The summed E-state index contributed by atoms with van der Waals surface area (Å²) in [6.07, 6.45) is 1.35. The zero-order valence-electron chi connectivity index (χ0n) is 11.8. The molecule has 0 N–H and O–H groups in total. The lowest BCUT2D eigenvalue weighted by Gasteiger charge is -2.14. The molecular formula is C13H22N2O2S. The van der Waals surface area contributed by atoms with E-state index in [1.165, 1.54) is 0 Å². The highest BCUT2D eigenvalue weighted by Gasteiger charge is 2.23. The number of thioether (sulfide) groups is 1. The maximum atomic E-state index is 11.8. The number of nitrogens with zero attached hydrogens (tertiary/aromatic N) is 2. The van der Waals surface area contributed by atoms with E-state index in [0.29, 0.717) is 17.0 Å². The zero-order valence-corrected chi connectivity index (χ0v) is 12.6. The lowest BCUT2D eigenvalue weighted by molar-refractivity contribution is -0.125. The van der Waals surface area contributed by atoms with Gasteiger partial charge in [0.15, 0.2) is 5.82 Å². The largest absolute Gasteiger partial charge is 0.339 e. The van der Waals surface area contributed by atoms with Crippen molar-refractivity contribution in [2.75, 3.05) is 0 Å². The van der Waals surface area contributed by atoms with Gasteiger partial charge in [-0.25, -0.2) is 0 Å². The van der Waals surface area contributed by atoms with E-state index in [1.54, 1.807) is 11.8 Å². The summed E-state index contributed by atoms with van der Waals surface area (Å²) in [4.78, 5) is 16.1. The van der Waals surface area contributed by atoms with Gasteiger partial charge in [0.25, 0.3) is 0 Å². The van der Waals surface area contributed by atoms with Gasteiger partial charge >= 0.3 is 0 Å². The Hall–Kier alpha value is -0.840. The Bertz CT molecular complexity index is 396. The molecule has 0 aromatic carbocycles. The third kappa shape index (κ3) is 4.80. The highest BCUT2D eigenvalue weighted by molar-refractivity contribution is 7.99. The molecule has 0 aliphatic carbocycles. The monoisotopic (exact) mass is 270 g/mol. The SMILES string of the molecule is CCC(C)SCc1noc(CC(=O)C(C)(C)C)n1. The number of hydrogen-bond donors (Lipinski definition) is 0. The van der Waals surface area contributed by atoms with Crippen LogP contribution >= 0.6 is 11.8 Å². The van der Waals surface area contributed by atoms with Gasteiger partial charge in [0, 0.05) is 10.7 Å². The average Bonchev–Trinajstić information content (AvgIpc) is 2.72. The van der Waals surface area contributed by atoms with E-state index < -0.39 is 0 Å². The first-order valence-corrected chi connectivity index (χ1v) is 7.34. The second-order valence-corrected chi connectivity index (χ2v) is 6.91. The molecule has 1 heterocycles. The normalized spacial score (nSPS) is 13.6. The fourth-order valence-electron chi connectivity index (χ4n) is 1.16. The Morgan fingerprint density at radius 2 is 2.11 bits per heavy atom. The van der Waals surface area contributed by atoms with Gasteiger partial charge in [-0.1, -0.05) is 39.8 Å². The molecule has 0 saturated heterocycles. The predicted molar refractivity (Wildman–Crippen MR) is 73.5 cm³/mol. The van der Waals surface area contributed by atoms with Crippen molar-refractivity contribution in [2.24, 2.45) is 5.41 Å².